The molecule has 0 aromatic rings. The molecule has 0 saturated heterocycles. The number of hydrogen-bond donors (Lipinski definition) is 1. The summed E-state index contributed by atoms with van der Waals surface area (Å²) in [6.45, 7) is 6.61. The second-order valence-corrected chi connectivity index (χ2v) is 2.15. The van der Waals surface area contributed by atoms with Gasteiger partial charge in [-0.25, -0.2) is 9.45 Å². The van der Waals surface area contributed by atoms with E-state index in [-0.39, 0.29) is 12.8 Å². The smallest absolute Gasteiger partial charge is 0.204 e. The second-order valence-electron chi connectivity index (χ2n) is 2.15. The second kappa shape index (κ2) is 3.56. The average Bonchev–Trinajstić information content (AvgIpc) is 2.01. The molecule has 0 aromatic heterocycles. The molecule has 0 aliphatic heterocycles. The molecule has 0 aliphatic rings. The van der Waals surface area contributed by atoms with Crippen molar-refractivity contribution in [2.24, 2.45) is 0 Å². The standard InChI is InChI=1S/C7H14FNO/c1-4-7(8,5-2)9(10)6-3/h6,10H,3-5H2,1-2H3. The van der Waals surface area contributed by atoms with Crippen molar-refractivity contribution >= 4 is 0 Å². The van der Waals surface area contributed by atoms with E-state index in [9.17, 15) is 4.39 Å². The van der Waals surface area contributed by atoms with Crippen LogP contribution in [0.3, 0.4) is 0 Å². The van der Waals surface area contributed by atoms with E-state index in [4.69, 9.17) is 5.21 Å². The molecule has 0 rings (SSSR count). The third kappa shape index (κ3) is 1.70. The molecule has 0 bridgehead atoms. The Bertz CT molecular complexity index is 112. The Labute approximate surface area is 60.9 Å². The molecule has 0 unspecified atom stereocenters. The third-order valence-electron chi connectivity index (χ3n) is 1.67. The molecule has 0 heterocycles. The van der Waals surface area contributed by atoms with Gasteiger partial charge >= 0.3 is 0 Å². The molecule has 0 aliphatic carbocycles. The Hall–Kier alpha value is -0.570. The Balaban J connectivity index is 4.15. The molecule has 0 aromatic carbocycles. The summed E-state index contributed by atoms with van der Waals surface area (Å²) in [6, 6.07) is 0. The summed E-state index contributed by atoms with van der Waals surface area (Å²) in [5.41, 5.74) is 0. The van der Waals surface area contributed by atoms with E-state index < -0.39 is 5.79 Å². The fourth-order valence-corrected chi connectivity index (χ4v) is 0.738. The number of hydroxylamine groups is 2. The highest BCUT2D eigenvalue weighted by Crippen LogP contribution is 2.23. The number of hydrogen-bond acceptors (Lipinski definition) is 2. The van der Waals surface area contributed by atoms with Gasteiger partial charge in [0.15, 0.2) is 0 Å². The van der Waals surface area contributed by atoms with Crippen molar-refractivity contribution in [1.29, 1.82) is 0 Å². The van der Waals surface area contributed by atoms with Crippen molar-refractivity contribution < 1.29 is 9.60 Å². The SMILES string of the molecule is C=CN(O)C(F)(CC)CC. The predicted octanol–water partition coefficient (Wildman–Crippen LogP) is 2.31. The van der Waals surface area contributed by atoms with E-state index in [1.165, 1.54) is 0 Å². The van der Waals surface area contributed by atoms with Crippen LogP contribution in [0.1, 0.15) is 26.7 Å². The zero-order valence-electron chi connectivity index (χ0n) is 6.47. The Kier molecular flexibility index (Phi) is 3.36. The van der Waals surface area contributed by atoms with E-state index >= 15 is 0 Å². The molecule has 0 fully saturated rings. The maximum atomic E-state index is 13.2. The average molecular weight is 147 g/mol. The molecular formula is C7H14FNO. The van der Waals surface area contributed by atoms with Gasteiger partial charge in [-0.2, -0.15) is 0 Å². The molecule has 0 atom stereocenters. The first-order valence-electron chi connectivity index (χ1n) is 3.40. The van der Waals surface area contributed by atoms with Crippen LogP contribution in [0.4, 0.5) is 4.39 Å². The minimum atomic E-state index is -1.64. The van der Waals surface area contributed by atoms with Gasteiger partial charge in [0.1, 0.15) is 0 Å². The van der Waals surface area contributed by atoms with E-state index in [1.807, 2.05) is 0 Å². The highest BCUT2D eigenvalue weighted by Gasteiger charge is 2.29. The van der Waals surface area contributed by atoms with Crippen LogP contribution in [0.5, 0.6) is 0 Å². The Morgan fingerprint density at radius 1 is 1.60 bits per heavy atom. The van der Waals surface area contributed by atoms with Gasteiger partial charge in [-0.15, -0.1) is 0 Å². The van der Waals surface area contributed by atoms with Crippen LogP contribution in [-0.2, 0) is 0 Å². The van der Waals surface area contributed by atoms with Crippen LogP contribution >= 0.6 is 0 Å². The van der Waals surface area contributed by atoms with Crippen molar-refractivity contribution in [3.63, 3.8) is 0 Å². The fraction of sp³-hybridized carbons (Fsp3) is 0.714. The summed E-state index contributed by atoms with van der Waals surface area (Å²) in [7, 11) is 0. The summed E-state index contributed by atoms with van der Waals surface area (Å²) in [5.74, 6) is -1.64. The van der Waals surface area contributed by atoms with Gasteiger partial charge in [-0.1, -0.05) is 20.4 Å². The van der Waals surface area contributed by atoms with Crippen LogP contribution in [-0.4, -0.2) is 16.1 Å². The number of nitrogens with zero attached hydrogens (tertiary/aromatic N) is 1. The van der Waals surface area contributed by atoms with Gasteiger partial charge in [-0.05, 0) is 12.8 Å². The number of rotatable bonds is 4. The zero-order chi connectivity index (χ0) is 8.20. The molecule has 60 valence electrons. The molecule has 1 N–H and O–H groups in total. The van der Waals surface area contributed by atoms with Gasteiger partial charge in [-0.3, -0.25) is 5.21 Å². The lowest BCUT2D eigenvalue weighted by Crippen LogP contribution is -2.37. The van der Waals surface area contributed by atoms with E-state index in [2.05, 4.69) is 6.58 Å². The molecule has 0 amide bonds. The third-order valence-corrected chi connectivity index (χ3v) is 1.67. The largest absolute Gasteiger partial charge is 0.286 e. The maximum absolute atomic E-state index is 13.2. The summed E-state index contributed by atoms with van der Waals surface area (Å²) in [4.78, 5) is 0. The van der Waals surface area contributed by atoms with Crippen LogP contribution in [0, 0.1) is 0 Å². The summed E-state index contributed by atoms with van der Waals surface area (Å²) < 4.78 is 13.2. The van der Waals surface area contributed by atoms with Crippen molar-refractivity contribution in [1.82, 2.24) is 5.06 Å². The predicted molar refractivity (Wildman–Crippen MR) is 38.2 cm³/mol. The Morgan fingerprint density at radius 3 is 2.10 bits per heavy atom. The molecule has 10 heavy (non-hydrogen) atoms. The quantitative estimate of drug-likeness (QED) is 0.487. The molecule has 0 spiro atoms. The van der Waals surface area contributed by atoms with Crippen LogP contribution in [0.2, 0.25) is 0 Å². The summed E-state index contributed by atoms with van der Waals surface area (Å²) >= 11 is 0. The van der Waals surface area contributed by atoms with Gasteiger partial charge in [0.2, 0.25) is 5.79 Å². The minimum Gasteiger partial charge on any atom is -0.286 e. The topological polar surface area (TPSA) is 23.5 Å². The normalized spacial score (nSPS) is 11.2. The van der Waals surface area contributed by atoms with E-state index in [1.54, 1.807) is 13.8 Å². The fourth-order valence-electron chi connectivity index (χ4n) is 0.738. The first-order valence-corrected chi connectivity index (χ1v) is 3.40. The van der Waals surface area contributed by atoms with Gasteiger partial charge in [0.25, 0.3) is 0 Å². The van der Waals surface area contributed by atoms with Crippen molar-refractivity contribution in [3.05, 3.63) is 12.8 Å². The van der Waals surface area contributed by atoms with Gasteiger partial charge < -0.3 is 0 Å². The van der Waals surface area contributed by atoms with Gasteiger partial charge in [0, 0.05) is 6.20 Å². The highest BCUT2D eigenvalue weighted by molar-refractivity contribution is 4.77. The zero-order valence-corrected chi connectivity index (χ0v) is 6.47. The van der Waals surface area contributed by atoms with E-state index in [0.717, 1.165) is 6.20 Å². The monoisotopic (exact) mass is 147 g/mol. The van der Waals surface area contributed by atoms with Crippen LogP contribution in [0.15, 0.2) is 12.8 Å². The lowest BCUT2D eigenvalue weighted by atomic mass is 10.1. The Morgan fingerprint density at radius 2 is 2.00 bits per heavy atom. The number of halogens is 1. The molecule has 0 radical (unpaired) electrons. The maximum Gasteiger partial charge on any atom is 0.204 e. The van der Waals surface area contributed by atoms with Crippen molar-refractivity contribution in [2.75, 3.05) is 0 Å². The van der Waals surface area contributed by atoms with Gasteiger partial charge in [0.05, 0.1) is 0 Å². The highest BCUT2D eigenvalue weighted by atomic mass is 19.1. The first kappa shape index (κ1) is 9.43. The first-order chi connectivity index (χ1) is 4.60. The molecule has 2 nitrogen and oxygen atoms in total. The summed E-state index contributed by atoms with van der Waals surface area (Å²) in [5, 5.41) is 9.44. The van der Waals surface area contributed by atoms with Crippen LogP contribution < -0.4 is 0 Å². The summed E-state index contributed by atoms with van der Waals surface area (Å²) in [6.07, 6.45) is 1.59. The molecule has 3 heteroatoms. The number of alkyl halides is 1. The molecular weight excluding hydrogens is 133 g/mol. The minimum absolute atomic E-state index is 0.256. The lowest BCUT2D eigenvalue weighted by Gasteiger charge is -2.29. The molecule has 0 saturated carbocycles. The van der Waals surface area contributed by atoms with Crippen molar-refractivity contribution in [2.45, 2.75) is 32.5 Å². The van der Waals surface area contributed by atoms with Crippen molar-refractivity contribution in [3.8, 4) is 0 Å². The van der Waals surface area contributed by atoms with E-state index in [0.29, 0.717) is 5.06 Å². The van der Waals surface area contributed by atoms with Crippen LogP contribution in [0.25, 0.3) is 0 Å². The lowest BCUT2D eigenvalue weighted by molar-refractivity contribution is -0.193.